The molecule has 4 rings (SSSR count). The summed E-state index contributed by atoms with van der Waals surface area (Å²) >= 11 is 0. The fraction of sp³-hybridized carbons (Fsp3) is 0.148. The van der Waals surface area contributed by atoms with Crippen molar-refractivity contribution in [1.82, 2.24) is 10.4 Å². The molecule has 0 spiro atoms. The first-order chi connectivity index (χ1) is 15.9. The van der Waals surface area contributed by atoms with Gasteiger partial charge < -0.3 is 10.2 Å². The molecule has 0 saturated carbocycles. The Morgan fingerprint density at radius 3 is 2.45 bits per heavy atom. The van der Waals surface area contributed by atoms with Gasteiger partial charge in [0.15, 0.2) is 0 Å². The normalized spacial score (nSPS) is 11.5. The molecule has 0 atom stereocenters. The van der Waals surface area contributed by atoms with Crippen LogP contribution in [0.1, 0.15) is 40.9 Å². The third-order valence-corrected chi connectivity index (χ3v) is 5.56. The summed E-state index contributed by atoms with van der Waals surface area (Å²) < 4.78 is 0. The minimum absolute atomic E-state index is 0.00184. The second kappa shape index (κ2) is 9.12. The van der Waals surface area contributed by atoms with Crippen molar-refractivity contribution in [3.8, 4) is 22.8 Å². The number of phenols is 2. The Hall–Kier alpha value is -4.19. The summed E-state index contributed by atoms with van der Waals surface area (Å²) in [6, 6.07) is 19.9. The number of carbonyl (C=O) groups excluding carboxylic acids is 1. The number of aryl methyl sites for hydroxylation is 2. The summed E-state index contributed by atoms with van der Waals surface area (Å²) in [4.78, 5) is 18.0. The van der Waals surface area contributed by atoms with E-state index < -0.39 is 5.91 Å². The highest BCUT2D eigenvalue weighted by atomic mass is 16.3. The number of carbonyl (C=O) groups is 1. The molecule has 0 bridgehead atoms. The molecule has 0 radical (unpaired) electrons. The lowest BCUT2D eigenvalue weighted by Gasteiger charge is -2.11. The Kier molecular flexibility index (Phi) is 6.09. The Morgan fingerprint density at radius 2 is 1.73 bits per heavy atom. The maximum absolute atomic E-state index is 13.2. The Bertz CT molecular complexity index is 1380. The summed E-state index contributed by atoms with van der Waals surface area (Å²) in [7, 11) is 0. The van der Waals surface area contributed by atoms with Crippen LogP contribution >= 0.6 is 0 Å². The van der Waals surface area contributed by atoms with E-state index in [1.807, 2.05) is 37.3 Å². The van der Waals surface area contributed by atoms with Crippen LogP contribution in [0, 0.1) is 6.92 Å². The average molecular weight is 440 g/mol. The third kappa shape index (κ3) is 4.70. The van der Waals surface area contributed by atoms with E-state index in [-0.39, 0.29) is 11.5 Å². The SMILES string of the molecule is CCc1ccc(-c2cc(C(=O)N/N=C(\C)c3cc(O)ccc3O)c3cc(C)ccc3n2)cc1. The minimum atomic E-state index is -0.390. The number of phenolic OH excluding ortho intramolecular Hbond substituents is 2. The molecule has 0 aliphatic carbocycles. The minimum Gasteiger partial charge on any atom is -0.508 e. The number of hydrogen-bond acceptors (Lipinski definition) is 5. The summed E-state index contributed by atoms with van der Waals surface area (Å²) in [6.45, 7) is 5.71. The number of pyridine rings is 1. The van der Waals surface area contributed by atoms with Crippen molar-refractivity contribution in [2.75, 3.05) is 0 Å². The zero-order chi connectivity index (χ0) is 23.5. The van der Waals surface area contributed by atoms with Crippen LogP contribution in [-0.4, -0.2) is 26.8 Å². The molecule has 0 aliphatic heterocycles. The largest absolute Gasteiger partial charge is 0.508 e. The number of rotatable bonds is 5. The van der Waals surface area contributed by atoms with Crippen molar-refractivity contribution >= 4 is 22.5 Å². The van der Waals surface area contributed by atoms with Gasteiger partial charge >= 0.3 is 0 Å². The molecular formula is C27H25N3O3. The highest BCUT2D eigenvalue weighted by molar-refractivity contribution is 6.08. The van der Waals surface area contributed by atoms with Crippen molar-refractivity contribution in [3.05, 3.63) is 89.0 Å². The molecule has 1 heterocycles. The van der Waals surface area contributed by atoms with Gasteiger partial charge in [0.05, 0.1) is 22.5 Å². The Balaban J connectivity index is 1.74. The van der Waals surface area contributed by atoms with Crippen LogP contribution in [-0.2, 0) is 6.42 Å². The molecule has 1 amide bonds. The summed E-state index contributed by atoms with van der Waals surface area (Å²) in [5.74, 6) is -0.428. The summed E-state index contributed by atoms with van der Waals surface area (Å²) in [5, 5.41) is 24.6. The maximum Gasteiger partial charge on any atom is 0.272 e. The number of aromatic nitrogens is 1. The first-order valence-corrected chi connectivity index (χ1v) is 10.7. The van der Waals surface area contributed by atoms with Crippen LogP contribution in [0.25, 0.3) is 22.2 Å². The van der Waals surface area contributed by atoms with Crippen molar-refractivity contribution in [1.29, 1.82) is 0 Å². The van der Waals surface area contributed by atoms with Gasteiger partial charge in [0.1, 0.15) is 11.5 Å². The van der Waals surface area contributed by atoms with E-state index in [0.29, 0.717) is 28.0 Å². The second-order valence-electron chi connectivity index (χ2n) is 7.97. The predicted octanol–water partition coefficient (Wildman–Crippen LogP) is 5.34. The zero-order valence-corrected chi connectivity index (χ0v) is 18.8. The van der Waals surface area contributed by atoms with Crippen molar-refractivity contribution in [3.63, 3.8) is 0 Å². The van der Waals surface area contributed by atoms with Gasteiger partial charge in [0.25, 0.3) is 5.91 Å². The fourth-order valence-electron chi connectivity index (χ4n) is 3.66. The molecule has 4 aromatic rings. The molecule has 33 heavy (non-hydrogen) atoms. The number of benzene rings is 3. The van der Waals surface area contributed by atoms with Crippen LogP contribution in [0.3, 0.4) is 0 Å². The quantitative estimate of drug-likeness (QED) is 0.222. The van der Waals surface area contributed by atoms with Gasteiger partial charge in [-0.1, -0.05) is 42.8 Å². The number of hydrogen-bond donors (Lipinski definition) is 3. The van der Waals surface area contributed by atoms with Gasteiger partial charge in [-0.3, -0.25) is 4.79 Å². The standard InChI is InChI=1S/C27H25N3O3/c1-4-18-6-8-19(9-7-18)25-15-23(22-13-16(2)5-11-24(22)28-25)27(33)30-29-17(3)21-14-20(31)10-12-26(21)32/h5-15,31-32H,4H2,1-3H3,(H,30,33)/b29-17+. The molecule has 6 heteroatoms. The summed E-state index contributed by atoms with van der Waals surface area (Å²) in [6.07, 6.45) is 0.949. The molecule has 0 aliphatic rings. The molecule has 6 nitrogen and oxygen atoms in total. The lowest BCUT2D eigenvalue weighted by atomic mass is 10.0. The third-order valence-electron chi connectivity index (χ3n) is 5.56. The number of nitrogens with zero attached hydrogens (tertiary/aromatic N) is 2. The topological polar surface area (TPSA) is 94.8 Å². The molecule has 3 N–H and O–H groups in total. The molecular weight excluding hydrogens is 414 g/mol. The monoisotopic (exact) mass is 439 g/mol. The summed E-state index contributed by atoms with van der Waals surface area (Å²) in [5.41, 5.74) is 8.32. The van der Waals surface area contributed by atoms with Crippen LogP contribution in [0.4, 0.5) is 0 Å². The Morgan fingerprint density at radius 1 is 0.970 bits per heavy atom. The van der Waals surface area contributed by atoms with E-state index in [4.69, 9.17) is 4.98 Å². The van der Waals surface area contributed by atoms with Crippen LogP contribution < -0.4 is 5.43 Å². The predicted molar refractivity (Wildman–Crippen MR) is 131 cm³/mol. The van der Waals surface area contributed by atoms with Crippen molar-refractivity contribution in [2.45, 2.75) is 27.2 Å². The zero-order valence-electron chi connectivity index (χ0n) is 18.8. The van der Waals surface area contributed by atoms with E-state index in [2.05, 4.69) is 29.6 Å². The van der Waals surface area contributed by atoms with Crippen LogP contribution in [0.15, 0.2) is 71.8 Å². The number of amides is 1. The van der Waals surface area contributed by atoms with Gasteiger partial charge in [-0.25, -0.2) is 10.4 Å². The van der Waals surface area contributed by atoms with Crippen LogP contribution in [0.5, 0.6) is 11.5 Å². The first kappa shape index (κ1) is 22.0. The molecule has 166 valence electrons. The average Bonchev–Trinajstić information content (AvgIpc) is 2.83. The van der Waals surface area contributed by atoms with Crippen molar-refractivity contribution < 1.29 is 15.0 Å². The van der Waals surface area contributed by atoms with E-state index in [1.54, 1.807) is 13.0 Å². The number of nitrogens with one attached hydrogen (secondary N) is 1. The lowest BCUT2D eigenvalue weighted by Crippen LogP contribution is -2.20. The maximum atomic E-state index is 13.2. The molecule has 3 aromatic carbocycles. The molecule has 0 unspecified atom stereocenters. The lowest BCUT2D eigenvalue weighted by molar-refractivity contribution is 0.0956. The Labute approximate surface area is 192 Å². The fourth-order valence-corrected chi connectivity index (χ4v) is 3.66. The first-order valence-electron chi connectivity index (χ1n) is 10.7. The molecule has 0 saturated heterocycles. The van der Waals surface area contributed by atoms with Gasteiger partial charge in [-0.2, -0.15) is 5.10 Å². The highest BCUT2D eigenvalue weighted by Crippen LogP contribution is 2.27. The van der Waals surface area contributed by atoms with E-state index in [9.17, 15) is 15.0 Å². The molecule has 1 aromatic heterocycles. The van der Waals surface area contributed by atoms with Gasteiger partial charge in [-0.05, 0) is 62.2 Å². The smallest absolute Gasteiger partial charge is 0.272 e. The van der Waals surface area contributed by atoms with Gasteiger partial charge in [-0.15, -0.1) is 0 Å². The number of aromatic hydroxyl groups is 2. The van der Waals surface area contributed by atoms with E-state index >= 15 is 0 Å². The van der Waals surface area contributed by atoms with Gasteiger partial charge in [0, 0.05) is 16.5 Å². The number of fused-ring (bicyclic) bond motifs is 1. The highest BCUT2D eigenvalue weighted by Gasteiger charge is 2.15. The van der Waals surface area contributed by atoms with E-state index in [0.717, 1.165) is 22.9 Å². The van der Waals surface area contributed by atoms with Crippen LogP contribution in [0.2, 0.25) is 0 Å². The second-order valence-corrected chi connectivity index (χ2v) is 7.97. The van der Waals surface area contributed by atoms with Crippen molar-refractivity contribution in [2.24, 2.45) is 5.10 Å². The molecule has 0 fully saturated rings. The van der Waals surface area contributed by atoms with E-state index in [1.165, 1.54) is 23.8 Å². The van der Waals surface area contributed by atoms with Gasteiger partial charge in [0.2, 0.25) is 0 Å². The number of hydrazone groups is 1.